The first-order valence-electron chi connectivity index (χ1n) is 3.24. The van der Waals surface area contributed by atoms with Crippen molar-refractivity contribution in [3.8, 4) is 0 Å². The molecule has 10 heavy (non-hydrogen) atoms. The second-order valence-corrected chi connectivity index (χ2v) is 2.38. The first-order chi connectivity index (χ1) is 4.72. The number of carbonyl (C=O) groups is 1. The van der Waals surface area contributed by atoms with Gasteiger partial charge in [0.2, 0.25) is 0 Å². The third kappa shape index (κ3) is 1.32. The van der Waals surface area contributed by atoms with Gasteiger partial charge in [0.25, 0.3) is 0 Å². The zero-order chi connectivity index (χ0) is 7.56. The molecule has 0 heterocycles. The summed E-state index contributed by atoms with van der Waals surface area (Å²) in [6.07, 6.45) is 5.29. The number of hydrogen-bond donors (Lipinski definition) is 0. The van der Waals surface area contributed by atoms with Crippen LogP contribution in [-0.4, -0.2) is 5.78 Å². The molecule has 0 aromatic carbocycles. The largest absolute Gasteiger partial charge is 0.299 e. The molecule has 1 rings (SSSR count). The van der Waals surface area contributed by atoms with Crippen LogP contribution in [0.15, 0.2) is 24.1 Å². The van der Waals surface area contributed by atoms with Crippen molar-refractivity contribution in [2.24, 2.45) is 5.92 Å². The lowest BCUT2D eigenvalue weighted by atomic mass is 9.96. The van der Waals surface area contributed by atoms with E-state index in [2.05, 4.69) is 0 Å². The topological polar surface area (TPSA) is 17.1 Å². The molecule has 54 valence electrons. The normalized spacial score (nSPS) is 24.2. The lowest BCUT2D eigenvalue weighted by molar-refractivity contribution is -0.120. The van der Waals surface area contributed by atoms with E-state index in [-0.39, 0.29) is 11.6 Å². The number of carbonyl (C=O) groups excluding carboxylic acids is 1. The number of halogens is 1. The Morgan fingerprint density at radius 2 is 2.50 bits per heavy atom. The van der Waals surface area contributed by atoms with Gasteiger partial charge in [0.15, 0.2) is 0 Å². The maximum atomic E-state index is 12.7. The van der Waals surface area contributed by atoms with E-state index in [9.17, 15) is 9.18 Å². The molecule has 0 amide bonds. The molecule has 0 aromatic rings. The molecule has 2 heteroatoms. The summed E-state index contributed by atoms with van der Waals surface area (Å²) < 4.78 is 12.7. The monoisotopic (exact) mass is 140 g/mol. The zero-order valence-electron chi connectivity index (χ0n) is 5.80. The molecule has 0 saturated heterocycles. The number of rotatable bonds is 1. The first-order valence-corrected chi connectivity index (χ1v) is 3.24. The van der Waals surface area contributed by atoms with Crippen LogP contribution in [0.5, 0.6) is 0 Å². The molecular weight excluding hydrogens is 131 g/mol. The summed E-state index contributed by atoms with van der Waals surface area (Å²) in [5, 5.41) is 0. The lowest BCUT2D eigenvalue weighted by Crippen LogP contribution is -2.11. The molecule has 0 bridgehead atoms. The van der Waals surface area contributed by atoms with Gasteiger partial charge < -0.3 is 0 Å². The Morgan fingerprint density at radius 3 is 2.90 bits per heavy atom. The van der Waals surface area contributed by atoms with Gasteiger partial charge in [-0.15, -0.1) is 0 Å². The fourth-order valence-electron chi connectivity index (χ4n) is 0.963. The third-order valence-electron chi connectivity index (χ3n) is 1.59. The van der Waals surface area contributed by atoms with Crippen LogP contribution in [-0.2, 0) is 4.79 Å². The average molecular weight is 140 g/mol. The molecule has 1 nitrogen and oxygen atoms in total. The van der Waals surface area contributed by atoms with Crippen molar-refractivity contribution in [2.75, 3.05) is 0 Å². The van der Waals surface area contributed by atoms with Crippen LogP contribution >= 0.6 is 0 Å². The number of allylic oxidation sites excluding steroid dienone is 4. The van der Waals surface area contributed by atoms with Crippen LogP contribution in [0, 0.1) is 5.92 Å². The van der Waals surface area contributed by atoms with Gasteiger partial charge in [-0.05, 0) is 19.4 Å². The zero-order valence-corrected chi connectivity index (χ0v) is 5.80. The van der Waals surface area contributed by atoms with Crippen molar-refractivity contribution < 1.29 is 9.18 Å². The van der Waals surface area contributed by atoms with Gasteiger partial charge in [0, 0.05) is 0 Å². The quantitative estimate of drug-likeness (QED) is 0.544. The second kappa shape index (κ2) is 2.78. The molecule has 1 atom stereocenters. The fraction of sp³-hybridized carbons (Fsp3) is 0.375. The summed E-state index contributed by atoms with van der Waals surface area (Å²) in [4.78, 5) is 10.7. The minimum atomic E-state index is -0.509. The highest BCUT2D eigenvalue weighted by atomic mass is 19.1. The van der Waals surface area contributed by atoms with Gasteiger partial charge in [-0.1, -0.05) is 12.2 Å². The Kier molecular flexibility index (Phi) is 2.00. The van der Waals surface area contributed by atoms with E-state index in [1.165, 1.54) is 13.0 Å². The highest BCUT2D eigenvalue weighted by Gasteiger charge is 2.18. The van der Waals surface area contributed by atoms with Gasteiger partial charge in [-0.2, -0.15) is 0 Å². The van der Waals surface area contributed by atoms with Crippen LogP contribution < -0.4 is 0 Å². The maximum Gasteiger partial charge on any atom is 0.139 e. The van der Waals surface area contributed by atoms with Crippen LogP contribution in [0.3, 0.4) is 0 Å². The standard InChI is InChI=1S/C8H9FO/c1-6(10)7-4-2-3-5-8(7)9/h2-3,5,7H,4H2,1H3. The molecule has 1 aliphatic rings. The minimum absolute atomic E-state index is 0.0990. The third-order valence-corrected chi connectivity index (χ3v) is 1.59. The Morgan fingerprint density at radius 1 is 1.80 bits per heavy atom. The summed E-state index contributed by atoms with van der Waals surface area (Å²) in [5.74, 6) is -0.918. The summed E-state index contributed by atoms with van der Waals surface area (Å²) >= 11 is 0. The fourth-order valence-corrected chi connectivity index (χ4v) is 0.963. The molecule has 0 radical (unpaired) electrons. The Hall–Kier alpha value is -0.920. The molecule has 0 saturated carbocycles. The van der Waals surface area contributed by atoms with Crippen molar-refractivity contribution in [1.82, 2.24) is 0 Å². The molecule has 0 aromatic heterocycles. The average Bonchev–Trinajstić information content (AvgIpc) is 1.88. The van der Waals surface area contributed by atoms with Crippen molar-refractivity contribution in [2.45, 2.75) is 13.3 Å². The van der Waals surface area contributed by atoms with Gasteiger partial charge in [0.05, 0.1) is 5.92 Å². The van der Waals surface area contributed by atoms with E-state index in [4.69, 9.17) is 0 Å². The van der Waals surface area contributed by atoms with Crippen LogP contribution in [0.25, 0.3) is 0 Å². The predicted molar refractivity (Wildman–Crippen MR) is 37.1 cm³/mol. The minimum Gasteiger partial charge on any atom is -0.299 e. The molecular formula is C8H9FO. The Balaban J connectivity index is 2.73. The SMILES string of the molecule is CC(=O)C1CC=CC=C1F. The molecule has 1 aliphatic carbocycles. The molecule has 0 fully saturated rings. The first kappa shape index (κ1) is 7.19. The van der Waals surface area contributed by atoms with Gasteiger partial charge in [-0.25, -0.2) is 4.39 Å². The van der Waals surface area contributed by atoms with E-state index in [1.54, 1.807) is 12.2 Å². The molecule has 0 N–H and O–H groups in total. The number of ketones is 1. The number of Topliss-reactive ketones (excluding diaryl/α,β-unsaturated/α-hetero) is 1. The highest BCUT2D eigenvalue weighted by molar-refractivity contribution is 5.81. The smallest absolute Gasteiger partial charge is 0.139 e. The van der Waals surface area contributed by atoms with Gasteiger partial charge in [0.1, 0.15) is 11.6 Å². The van der Waals surface area contributed by atoms with Crippen LogP contribution in [0.2, 0.25) is 0 Å². The van der Waals surface area contributed by atoms with Crippen LogP contribution in [0.4, 0.5) is 4.39 Å². The van der Waals surface area contributed by atoms with E-state index in [0.717, 1.165) is 0 Å². The molecule has 0 spiro atoms. The molecule has 0 aliphatic heterocycles. The predicted octanol–water partition coefficient (Wildman–Crippen LogP) is 2.00. The van der Waals surface area contributed by atoms with Gasteiger partial charge in [-0.3, -0.25) is 4.79 Å². The van der Waals surface area contributed by atoms with E-state index in [0.29, 0.717) is 6.42 Å². The van der Waals surface area contributed by atoms with E-state index >= 15 is 0 Å². The number of hydrogen-bond acceptors (Lipinski definition) is 1. The summed E-state index contributed by atoms with van der Waals surface area (Å²) in [5.41, 5.74) is 0. The highest BCUT2D eigenvalue weighted by Crippen LogP contribution is 2.21. The summed E-state index contributed by atoms with van der Waals surface area (Å²) in [6.45, 7) is 1.41. The summed E-state index contributed by atoms with van der Waals surface area (Å²) in [7, 11) is 0. The summed E-state index contributed by atoms with van der Waals surface area (Å²) in [6, 6.07) is 0. The molecule has 1 unspecified atom stereocenters. The van der Waals surface area contributed by atoms with Crippen molar-refractivity contribution in [3.63, 3.8) is 0 Å². The van der Waals surface area contributed by atoms with Gasteiger partial charge >= 0.3 is 0 Å². The van der Waals surface area contributed by atoms with E-state index in [1.807, 2.05) is 0 Å². The second-order valence-electron chi connectivity index (χ2n) is 2.38. The van der Waals surface area contributed by atoms with Crippen molar-refractivity contribution >= 4 is 5.78 Å². The van der Waals surface area contributed by atoms with Crippen LogP contribution in [0.1, 0.15) is 13.3 Å². The maximum absolute atomic E-state index is 12.7. The van der Waals surface area contributed by atoms with Crippen molar-refractivity contribution in [3.05, 3.63) is 24.1 Å². The Bertz CT molecular complexity index is 203. The lowest BCUT2D eigenvalue weighted by Gasteiger charge is -2.10. The Labute approximate surface area is 59.2 Å². The van der Waals surface area contributed by atoms with E-state index < -0.39 is 5.92 Å². The van der Waals surface area contributed by atoms with Crippen molar-refractivity contribution in [1.29, 1.82) is 0 Å².